The Morgan fingerprint density at radius 2 is 2.17 bits per heavy atom. The number of rotatable bonds is 8. The second-order valence-corrected chi connectivity index (χ2v) is 5.67. The van der Waals surface area contributed by atoms with Gasteiger partial charge < -0.3 is 19.9 Å². The molecule has 1 aliphatic heterocycles. The van der Waals surface area contributed by atoms with Gasteiger partial charge in [-0.2, -0.15) is 0 Å². The van der Waals surface area contributed by atoms with Gasteiger partial charge in [-0.1, -0.05) is 6.92 Å². The van der Waals surface area contributed by atoms with Crippen molar-refractivity contribution in [2.75, 3.05) is 43.1 Å². The molecule has 1 aromatic rings. The molecule has 24 heavy (non-hydrogen) atoms. The molecule has 7 nitrogen and oxygen atoms in total. The first kappa shape index (κ1) is 18.2. The van der Waals surface area contributed by atoms with E-state index in [2.05, 4.69) is 10.1 Å². The molecule has 0 aromatic heterocycles. The Morgan fingerprint density at radius 3 is 2.83 bits per heavy atom. The fourth-order valence-corrected chi connectivity index (χ4v) is 2.35. The Kier molecular flexibility index (Phi) is 7.02. The van der Waals surface area contributed by atoms with E-state index < -0.39 is 6.10 Å². The summed E-state index contributed by atoms with van der Waals surface area (Å²) in [5.41, 5.74) is 1.67. The molecular formula is C17H25N2O5+. The first-order valence-electron chi connectivity index (χ1n) is 8.21. The number of nitrogens with zero attached hydrogens (tertiary/aromatic N) is 1. The molecule has 1 aliphatic rings. The van der Waals surface area contributed by atoms with E-state index in [1.165, 1.54) is 0 Å². The molecule has 0 saturated carbocycles. The van der Waals surface area contributed by atoms with Crippen LogP contribution in [-0.4, -0.2) is 60.7 Å². The topological polar surface area (TPSA) is 91.7 Å². The molecule has 0 radical (unpaired) electrons. The van der Waals surface area contributed by atoms with E-state index in [9.17, 15) is 14.7 Å². The number of anilines is 2. The highest BCUT2D eigenvalue weighted by Gasteiger charge is 2.23. The lowest BCUT2D eigenvalue weighted by atomic mass is 10.2. The number of hydrogen-bond acceptors (Lipinski definition) is 5. The van der Waals surface area contributed by atoms with Gasteiger partial charge in [-0.3, -0.25) is 14.5 Å². The van der Waals surface area contributed by atoms with E-state index in [0.717, 1.165) is 17.8 Å². The van der Waals surface area contributed by atoms with Crippen molar-refractivity contribution in [3.05, 3.63) is 24.3 Å². The van der Waals surface area contributed by atoms with Crippen LogP contribution in [0.2, 0.25) is 0 Å². The first-order chi connectivity index (χ1) is 11.6. The summed E-state index contributed by atoms with van der Waals surface area (Å²) in [5, 5.41) is 12.9. The van der Waals surface area contributed by atoms with Crippen molar-refractivity contribution >= 4 is 23.3 Å². The third-order valence-electron chi connectivity index (χ3n) is 3.64. The highest BCUT2D eigenvalue weighted by atomic mass is 16.5. The van der Waals surface area contributed by atoms with Gasteiger partial charge in [-0.05, 0) is 30.7 Å². The molecule has 1 amide bonds. The maximum absolute atomic E-state index is 11.8. The molecule has 2 rings (SSSR count). The third-order valence-corrected chi connectivity index (χ3v) is 3.64. The average molecular weight is 337 g/mol. The van der Waals surface area contributed by atoms with Crippen molar-refractivity contribution in [2.24, 2.45) is 0 Å². The number of aliphatic hydroxyl groups is 3. The van der Waals surface area contributed by atoms with Crippen LogP contribution in [0.5, 0.6) is 0 Å². The van der Waals surface area contributed by atoms with Crippen LogP contribution in [0.15, 0.2) is 24.3 Å². The van der Waals surface area contributed by atoms with Crippen molar-refractivity contribution in [1.82, 2.24) is 0 Å². The maximum Gasteiger partial charge on any atom is 0.305 e. The minimum atomic E-state index is -0.768. The fraction of sp³-hybridized carbons (Fsp3) is 0.529. The smallest absolute Gasteiger partial charge is 0.305 e. The highest BCUT2D eigenvalue weighted by Crippen LogP contribution is 2.19. The van der Waals surface area contributed by atoms with Gasteiger partial charge in [0.1, 0.15) is 12.7 Å². The fourth-order valence-electron chi connectivity index (χ4n) is 2.35. The van der Waals surface area contributed by atoms with E-state index in [4.69, 9.17) is 4.74 Å². The van der Waals surface area contributed by atoms with Gasteiger partial charge in [-0.15, -0.1) is 0 Å². The van der Waals surface area contributed by atoms with Crippen molar-refractivity contribution in [2.45, 2.75) is 25.9 Å². The van der Waals surface area contributed by atoms with E-state index in [1.807, 2.05) is 31.2 Å². The number of ether oxygens (including phenoxy) is 2. The zero-order valence-electron chi connectivity index (χ0n) is 13.9. The summed E-state index contributed by atoms with van der Waals surface area (Å²) in [4.78, 5) is 24.8. The Hall–Kier alpha value is -2.12. The third kappa shape index (κ3) is 5.50. The predicted molar refractivity (Wildman–Crippen MR) is 91.1 cm³/mol. The van der Waals surface area contributed by atoms with Gasteiger partial charge in [0.15, 0.2) is 6.61 Å². The van der Waals surface area contributed by atoms with Crippen LogP contribution in [0.25, 0.3) is 0 Å². The summed E-state index contributed by atoms with van der Waals surface area (Å²) in [6, 6.07) is 7.42. The minimum absolute atomic E-state index is 0.00581. The van der Waals surface area contributed by atoms with Gasteiger partial charge in [0, 0.05) is 24.3 Å². The lowest BCUT2D eigenvalue weighted by Gasteiger charge is -2.24. The molecule has 132 valence electrons. The number of morpholine rings is 1. The number of nitrogens with one attached hydrogen (secondary N) is 1. The van der Waals surface area contributed by atoms with Gasteiger partial charge in [0.2, 0.25) is 6.61 Å². The molecular weight excluding hydrogens is 312 g/mol. The summed E-state index contributed by atoms with van der Waals surface area (Å²) in [5.74, 6) is -0.287. The van der Waals surface area contributed by atoms with Crippen LogP contribution in [0.1, 0.15) is 19.8 Å². The lowest BCUT2D eigenvalue weighted by Crippen LogP contribution is -2.43. The molecule has 1 atom stereocenters. The second kappa shape index (κ2) is 9.24. The largest absolute Gasteiger partial charge is 0.463 e. The van der Waals surface area contributed by atoms with Crippen LogP contribution in [0.3, 0.4) is 0 Å². The zero-order valence-corrected chi connectivity index (χ0v) is 13.9. The minimum Gasteiger partial charge on any atom is -0.463 e. The van der Waals surface area contributed by atoms with Crippen LogP contribution in [0, 0.1) is 0 Å². The van der Waals surface area contributed by atoms with Gasteiger partial charge >= 0.3 is 11.9 Å². The lowest BCUT2D eigenvalue weighted by molar-refractivity contribution is -0.146. The second-order valence-electron chi connectivity index (χ2n) is 5.67. The Balaban J connectivity index is 1.77. The Bertz CT molecular complexity index is 546. The van der Waals surface area contributed by atoms with E-state index in [-0.39, 0.29) is 31.6 Å². The molecule has 1 heterocycles. The summed E-state index contributed by atoms with van der Waals surface area (Å²) in [7, 11) is 0. The summed E-state index contributed by atoms with van der Waals surface area (Å²) >= 11 is 0. The monoisotopic (exact) mass is 337 g/mol. The van der Waals surface area contributed by atoms with Crippen molar-refractivity contribution in [1.29, 1.82) is 0 Å². The Labute approximate surface area is 141 Å². The standard InChI is InChI=1S/C17H24N2O5/c1-2-3-17(22)24-11-15(20)10-18-13-4-6-14(7-5-13)19-8-9-23-12-16(19)21/h4-7,15,18,20H,2-3,8-12H2,1H3/p+1/t15-/m1/s1. The van der Waals surface area contributed by atoms with Crippen LogP contribution in [0.4, 0.5) is 11.4 Å². The van der Waals surface area contributed by atoms with Gasteiger partial charge in [-0.25, -0.2) is 0 Å². The molecule has 0 unspecified atom stereocenters. The molecule has 0 spiro atoms. The average Bonchev–Trinajstić information content (AvgIpc) is 2.59. The number of amides is 1. The van der Waals surface area contributed by atoms with Crippen molar-refractivity contribution < 1.29 is 24.2 Å². The molecule has 0 aliphatic carbocycles. The summed E-state index contributed by atoms with van der Waals surface area (Å²) < 4.78 is 9.04. The van der Waals surface area contributed by atoms with Crippen LogP contribution in [-0.2, 0) is 14.3 Å². The highest BCUT2D eigenvalue weighted by molar-refractivity contribution is 5.94. The van der Waals surface area contributed by atoms with Crippen molar-refractivity contribution in [3.63, 3.8) is 0 Å². The number of benzene rings is 1. The van der Waals surface area contributed by atoms with Crippen LogP contribution >= 0.6 is 0 Å². The van der Waals surface area contributed by atoms with Gasteiger partial charge in [0.05, 0.1) is 6.54 Å². The van der Waals surface area contributed by atoms with E-state index >= 15 is 0 Å². The number of esters is 1. The first-order valence-corrected chi connectivity index (χ1v) is 8.21. The molecule has 7 heteroatoms. The van der Waals surface area contributed by atoms with Gasteiger partial charge in [0.25, 0.3) is 0 Å². The molecule has 0 bridgehead atoms. The van der Waals surface area contributed by atoms with E-state index in [0.29, 0.717) is 19.6 Å². The van der Waals surface area contributed by atoms with Crippen LogP contribution < -0.4 is 10.2 Å². The summed E-state index contributed by atoms with van der Waals surface area (Å²) in [6.45, 7) is 3.66. The molecule has 1 fully saturated rings. The number of carbonyl (C=O) groups is 2. The van der Waals surface area contributed by atoms with Crippen molar-refractivity contribution in [3.8, 4) is 0 Å². The zero-order chi connectivity index (χ0) is 17.4. The molecule has 1 aromatic carbocycles. The number of hydrogen-bond donors (Lipinski definition) is 2. The normalized spacial score (nSPS) is 15.9. The quantitative estimate of drug-likeness (QED) is 0.538. The molecule has 1 saturated heterocycles. The maximum atomic E-state index is 11.8. The Morgan fingerprint density at radius 1 is 1.42 bits per heavy atom. The number of aliphatic hydroxyl groups excluding tert-OH is 1. The number of carbonyl (C=O) groups excluding carboxylic acids is 2. The SMILES string of the molecule is CCCC(=O)OC[C@H](O)CNc1ccc(N2CC[OH+]CC2=O)cc1. The van der Waals surface area contributed by atoms with E-state index in [1.54, 1.807) is 4.90 Å². The summed E-state index contributed by atoms with van der Waals surface area (Å²) in [6.07, 6.45) is 0.327. The molecule has 3 N–H and O–H groups in total. The predicted octanol–water partition coefficient (Wildman–Crippen LogP) is 0.677.